The minimum absolute atomic E-state index is 0.0507. The Bertz CT molecular complexity index is 1100. The van der Waals surface area contributed by atoms with Gasteiger partial charge in [-0.1, -0.05) is 6.07 Å². The Morgan fingerprint density at radius 1 is 1.19 bits per heavy atom. The lowest BCUT2D eigenvalue weighted by Crippen LogP contribution is -2.21. The van der Waals surface area contributed by atoms with Gasteiger partial charge in [-0.2, -0.15) is 5.26 Å². The second-order valence-electron chi connectivity index (χ2n) is 6.12. The van der Waals surface area contributed by atoms with Gasteiger partial charge in [0.1, 0.15) is 17.4 Å². The van der Waals surface area contributed by atoms with Crippen molar-refractivity contribution in [3.63, 3.8) is 0 Å². The van der Waals surface area contributed by atoms with E-state index in [-0.39, 0.29) is 28.7 Å². The Labute approximate surface area is 155 Å². The molecule has 2 heterocycles. The molecular weight excluding hydrogens is 346 g/mol. The van der Waals surface area contributed by atoms with Crippen LogP contribution in [0.15, 0.2) is 48.0 Å². The van der Waals surface area contributed by atoms with Crippen LogP contribution in [0.5, 0.6) is 23.0 Å². The summed E-state index contributed by atoms with van der Waals surface area (Å²) in [5.74, 6) is 0.553. The molecule has 136 valence electrons. The Balaban J connectivity index is 2.01. The second-order valence-corrected chi connectivity index (χ2v) is 6.12. The first kappa shape index (κ1) is 16.7. The van der Waals surface area contributed by atoms with Crippen LogP contribution >= 0.6 is 0 Å². The lowest BCUT2D eigenvalue weighted by molar-refractivity contribution is 0.338. The SMILES string of the molecule is COc1cc([C@H]2C(C#N)=C(N)Oc3c2ccc2[nH]ccc32)cc(OC)c1O. The Hall–Kier alpha value is -3.79. The van der Waals surface area contributed by atoms with Crippen LogP contribution in [0.4, 0.5) is 0 Å². The number of allylic oxidation sites excluding steroid dienone is 1. The van der Waals surface area contributed by atoms with E-state index in [0.29, 0.717) is 11.3 Å². The number of fused-ring (bicyclic) bond motifs is 3. The molecule has 0 bridgehead atoms. The van der Waals surface area contributed by atoms with Gasteiger partial charge in [-0.15, -0.1) is 0 Å². The first-order chi connectivity index (χ1) is 13.1. The van der Waals surface area contributed by atoms with Crippen molar-refractivity contribution < 1.29 is 19.3 Å². The standard InChI is InChI=1S/C20H17N3O4/c1-25-15-7-10(8-16(26-2)18(15)24)17-12-3-4-14-11(5-6-23-14)19(12)27-20(22)13(17)9-21/h3-8,17,23-24H,22H2,1-2H3/t17-/m1/s1. The molecule has 1 atom stereocenters. The predicted molar refractivity (Wildman–Crippen MR) is 98.8 cm³/mol. The van der Waals surface area contributed by atoms with Gasteiger partial charge in [0, 0.05) is 22.7 Å². The molecule has 0 amide bonds. The number of nitrogens with two attached hydrogens (primary N) is 1. The molecule has 0 radical (unpaired) electrons. The maximum atomic E-state index is 10.2. The highest BCUT2D eigenvalue weighted by atomic mass is 16.5. The molecule has 4 N–H and O–H groups in total. The highest BCUT2D eigenvalue weighted by molar-refractivity contribution is 5.88. The monoisotopic (exact) mass is 363 g/mol. The van der Waals surface area contributed by atoms with Crippen molar-refractivity contribution in [1.29, 1.82) is 5.26 Å². The zero-order chi connectivity index (χ0) is 19.1. The largest absolute Gasteiger partial charge is 0.502 e. The summed E-state index contributed by atoms with van der Waals surface area (Å²) in [6, 6.07) is 11.2. The molecule has 7 nitrogen and oxygen atoms in total. The van der Waals surface area contributed by atoms with E-state index in [1.807, 2.05) is 24.4 Å². The minimum atomic E-state index is -0.485. The van der Waals surface area contributed by atoms with Gasteiger partial charge < -0.3 is 30.0 Å². The molecule has 2 aromatic carbocycles. The number of nitriles is 1. The van der Waals surface area contributed by atoms with Crippen molar-refractivity contribution in [2.24, 2.45) is 5.73 Å². The maximum absolute atomic E-state index is 10.2. The lowest BCUT2D eigenvalue weighted by Gasteiger charge is -2.27. The Kier molecular flexibility index (Phi) is 3.81. The van der Waals surface area contributed by atoms with E-state index in [1.165, 1.54) is 14.2 Å². The van der Waals surface area contributed by atoms with Gasteiger partial charge in [0.2, 0.25) is 11.6 Å². The van der Waals surface area contributed by atoms with Crippen molar-refractivity contribution in [2.45, 2.75) is 5.92 Å². The Morgan fingerprint density at radius 3 is 2.52 bits per heavy atom. The van der Waals surface area contributed by atoms with Crippen molar-refractivity contribution in [2.75, 3.05) is 14.2 Å². The number of nitrogens with zero attached hydrogens (tertiary/aromatic N) is 1. The van der Waals surface area contributed by atoms with Crippen molar-refractivity contribution in [3.05, 3.63) is 59.1 Å². The van der Waals surface area contributed by atoms with Gasteiger partial charge in [-0.3, -0.25) is 0 Å². The average molecular weight is 363 g/mol. The molecule has 27 heavy (non-hydrogen) atoms. The summed E-state index contributed by atoms with van der Waals surface area (Å²) in [7, 11) is 2.91. The fraction of sp³-hybridized carbons (Fsp3) is 0.150. The highest BCUT2D eigenvalue weighted by Gasteiger charge is 2.33. The predicted octanol–water partition coefficient (Wildman–Crippen LogP) is 3.11. The number of phenolic OH excluding ortho intramolecular Hbond substituents is 1. The number of rotatable bonds is 3. The molecule has 0 saturated carbocycles. The number of hydrogen-bond donors (Lipinski definition) is 3. The molecule has 7 heteroatoms. The first-order valence-corrected chi connectivity index (χ1v) is 8.21. The van der Waals surface area contributed by atoms with Gasteiger partial charge in [-0.25, -0.2) is 0 Å². The van der Waals surface area contributed by atoms with E-state index in [0.717, 1.165) is 16.5 Å². The molecule has 0 spiro atoms. The zero-order valence-electron chi connectivity index (χ0n) is 14.7. The minimum Gasteiger partial charge on any atom is -0.502 e. The second kappa shape index (κ2) is 6.18. The molecule has 0 unspecified atom stereocenters. The van der Waals surface area contributed by atoms with E-state index in [2.05, 4.69) is 11.1 Å². The summed E-state index contributed by atoms with van der Waals surface area (Å²) in [6.07, 6.45) is 1.82. The van der Waals surface area contributed by atoms with Crippen LogP contribution in [-0.4, -0.2) is 24.3 Å². The van der Waals surface area contributed by atoms with Gasteiger partial charge >= 0.3 is 0 Å². The summed E-state index contributed by atoms with van der Waals surface area (Å²) in [4.78, 5) is 3.13. The van der Waals surface area contributed by atoms with Crippen LogP contribution in [0, 0.1) is 11.3 Å². The lowest BCUT2D eigenvalue weighted by atomic mass is 9.82. The third-order valence-corrected chi connectivity index (χ3v) is 4.75. The number of nitrogens with one attached hydrogen (secondary N) is 1. The molecule has 3 aromatic rings. The quantitative estimate of drug-likeness (QED) is 0.659. The number of aromatic nitrogens is 1. The number of H-pyrrole nitrogens is 1. The third-order valence-electron chi connectivity index (χ3n) is 4.75. The number of aromatic hydroxyl groups is 1. The number of phenols is 1. The van der Waals surface area contributed by atoms with Gasteiger partial charge in [0.15, 0.2) is 11.5 Å². The summed E-state index contributed by atoms with van der Waals surface area (Å²) in [5, 5.41) is 20.8. The summed E-state index contributed by atoms with van der Waals surface area (Å²) in [5.41, 5.74) is 8.75. The van der Waals surface area contributed by atoms with Crippen LogP contribution < -0.4 is 19.9 Å². The van der Waals surface area contributed by atoms with Crippen LogP contribution in [0.1, 0.15) is 17.0 Å². The maximum Gasteiger partial charge on any atom is 0.205 e. The smallest absolute Gasteiger partial charge is 0.205 e. The fourth-order valence-electron chi connectivity index (χ4n) is 3.47. The molecule has 1 aliphatic heterocycles. The van der Waals surface area contributed by atoms with Crippen molar-refractivity contribution >= 4 is 10.9 Å². The first-order valence-electron chi connectivity index (χ1n) is 8.21. The topological polar surface area (TPSA) is 114 Å². The van der Waals surface area contributed by atoms with Gasteiger partial charge in [0.25, 0.3) is 0 Å². The molecule has 1 aliphatic rings. The number of methoxy groups -OCH3 is 2. The van der Waals surface area contributed by atoms with Gasteiger partial charge in [-0.05, 0) is 29.8 Å². The average Bonchev–Trinajstić information content (AvgIpc) is 3.16. The number of hydrogen-bond acceptors (Lipinski definition) is 6. The molecule has 4 rings (SSSR count). The third kappa shape index (κ3) is 2.42. The molecular formula is C20H17N3O4. The van der Waals surface area contributed by atoms with Crippen LogP contribution in [0.2, 0.25) is 0 Å². The van der Waals surface area contributed by atoms with E-state index in [1.54, 1.807) is 12.1 Å². The normalized spacial score (nSPS) is 15.8. The van der Waals surface area contributed by atoms with Crippen molar-refractivity contribution in [1.82, 2.24) is 4.98 Å². The van der Waals surface area contributed by atoms with E-state index in [9.17, 15) is 10.4 Å². The van der Waals surface area contributed by atoms with Crippen molar-refractivity contribution in [3.8, 4) is 29.1 Å². The van der Waals surface area contributed by atoms with E-state index in [4.69, 9.17) is 19.9 Å². The number of benzene rings is 2. The summed E-state index contributed by atoms with van der Waals surface area (Å²) < 4.78 is 16.3. The summed E-state index contributed by atoms with van der Waals surface area (Å²) in [6.45, 7) is 0. The zero-order valence-corrected chi connectivity index (χ0v) is 14.7. The fourth-order valence-corrected chi connectivity index (χ4v) is 3.47. The van der Waals surface area contributed by atoms with Crippen LogP contribution in [0.3, 0.4) is 0 Å². The highest BCUT2D eigenvalue weighted by Crippen LogP contribution is 2.48. The summed E-state index contributed by atoms with van der Waals surface area (Å²) >= 11 is 0. The van der Waals surface area contributed by atoms with Crippen LogP contribution in [0.25, 0.3) is 10.9 Å². The van der Waals surface area contributed by atoms with Gasteiger partial charge in [0.05, 0.1) is 20.1 Å². The number of ether oxygens (including phenoxy) is 3. The number of aromatic amines is 1. The molecule has 0 aliphatic carbocycles. The van der Waals surface area contributed by atoms with Crippen LogP contribution in [-0.2, 0) is 0 Å². The molecule has 1 aromatic heterocycles. The Morgan fingerprint density at radius 2 is 1.89 bits per heavy atom. The molecule has 0 fully saturated rings. The van der Waals surface area contributed by atoms with E-state index >= 15 is 0 Å². The van der Waals surface area contributed by atoms with E-state index < -0.39 is 5.92 Å². The molecule has 0 saturated heterocycles.